The third kappa shape index (κ3) is 9.83. The highest BCUT2D eigenvalue weighted by Gasteiger charge is 2.39. The Hall–Kier alpha value is -1.20. The van der Waals surface area contributed by atoms with E-state index in [1.165, 1.54) is 19.3 Å². The first-order valence-corrected chi connectivity index (χ1v) is 11.3. The lowest BCUT2D eigenvalue weighted by molar-refractivity contribution is -0.122. The highest BCUT2D eigenvalue weighted by molar-refractivity contribution is 5.84. The summed E-state index contributed by atoms with van der Waals surface area (Å²) in [6.07, 6.45) is 14.0. The number of carbonyl (C=O) groups is 2. The molecule has 0 aromatic rings. The molecular weight excluding hydrogens is 354 g/mol. The van der Waals surface area contributed by atoms with Crippen molar-refractivity contribution in [1.82, 2.24) is 5.32 Å². The maximum Gasteiger partial charge on any atom is 0.220 e. The van der Waals surface area contributed by atoms with Gasteiger partial charge >= 0.3 is 0 Å². The summed E-state index contributed by atoms with van der Waals surface area (Å²) in [4.78, 5) is 23.8. The monoisotopic (exact) mass is 395 g/mol. The van der Waals surface area contributed by atoms with Gasteiger partial charge in [0.25, 0.3) is 0 Å². The predicted octanol–water partition coefficient (Wildman–Crippen LogP) is 3.77. The van der Waals surface area contributed by atoms with Gasteiger partial charge in [0.1, 0.15) is 5.78 Å². The van der Waals surface area contributed by atoms with Crippen LogP contribution in [0.25, 0.3) is 0 Å². The minimum Gasteiger partial charge on any atom is -0.395 e. The van der Waals surface area contributed by atoms with Crippen LogP contribution in [0, 0.1) is 17.8 Å². The van der Waals surface area contributed by atoms with E-state index in [0.717, 1.165) is 38.5 Å². The molecule has 5 heteroatoms. The zero-order valence-electron chi connectivity index (χ0n) is 17.9. The van der Waals surface area contributed by atoms with E-state index < -0.39 is 6.10 Å². The number of unbranched alkanes of at least 4 members (excludes halogenated alkanes) is 5. The number of hydrogen-bond acceptors (Lipinski definition) is 4. The molecule has 162 valence electrons. The molecule has 3 N–H and O–H groups in total. The Morgan fingerprint density at radius 2 is 1.96 bits per heavy atom. The Labute approximate surface area is 171 Å². The van der Waals surface area contributed by atoms with E-state index in [1.807, 2.05) is 0 Å². The van der Waals surface area contributed by atoms with Crippen LogP contribution in [-0.2, 0) is 9.59 Å². The van der Waals surface area contributed by atoms with Crippen LogP contribution in [0.2, 0.25) is 0 Å². The lowest BCUT2D eigenvalue weighted by Crippen LogP contribution is -2.25. The second-order valence-corrected chi connectivity index (χ2v) is 8.31. The zero-order chi connectivity index (χ0) is 20.8. The van der Waals surface area contributed by atoms with Crippen molar-refractivity contribution in [3.63, 3.8) is 0 Å². The molecular formula is C23H41NO4. The number of carbonyl (C=O) groups excluding carboxylic acids is 2. The first kappa shape index (κ1) is 24.8. The predicted molar refractivity (Wildman–Crippen MR) is 113 cm³/mol. The number of rotatable bonds is 15. The van der Waals surface area contributed by atoms with Crippen molar-refractivity contribution in [1.29, 1.82) is 0 Å². The van der Waals surface area contributed by atoms with Gasteiger partial charge in [-0.3, -0.25) is 9.59 Å². The molecule has 0 spiro atoms. The van der Waals surface area contributed by atoms with E-state index in [2.05, 4.69) is 31.3 Å². The van der Waals surface area contributed by atoms with Gasteiger partial charge in [-0.2, -0.15) is 0 Å². The van der Waals surface area contributed by atoms with Crippen LogP contribution in [0.3, 0.4) is 0 Å². The Balaban J connectivity index is 2.31. The first-order valence-electron chi connectivity index (χ1n) is 11.3. The van der Waals surface area contributed by atoms with Gasteiger partial charge in [0, 0.05) is 31.2 Å². The summed E-state index contributed by atoms with van der Waals surface area (Å²) in [6.45, 7) is 4.70. The topological polar surface area (TPSA) is 86.6 Å². The number of Topliss-reactive ketones (excluding diaryl/α,β-unsaturated/α-hetero) is 1. The molecule has 0 aromatic carbocycles. The number of aliphatic hydroxyl groups is 2. The van der Waals surface area contributed by atoms with Crippen molar-refractivity contribution in [3.05, 3.63) is 12.2 Å². The lowest BCUT2D eigenvalue weighted by Gasteiger charge is -2.18. The second-order valence-electron chi connectivity index (χ2n) is 8.31. The van der Waals surface area contributed by atoms with Gasteiger partial charge in [0.05, 0.1) is 12.7 Å². The summed E-state index contributed by atoms with van der Waals surface area (Å²) in [6, 6.07) is 0. The Bertz CT molecular complexity index is 477. The molecule has 5 nitrogen and oxygen atoms in total. The Morgan fingerprint density at radius 3 is 2.68 bits per heavy atom. The molecule has 1 saturated carbocycles. The van der Waals surface area contributed by atoms with Crippen molar-refractivity contribution in [3.8, 4) is 0 Å². The Morgan fingerprint density at radius 1 is 1.21 bits per heavy atom. The molecule has 1 rings (SSSR count). The Kier molecular flexibility index (Phi) is 13.1. The van der Waals surface area contributed by atoms with Gasteiger partial charge in [0.15, 0.2) is 0 Å². The molecule has 0 aromatic heterocycles. The molecule has 0 heterocycles. The van der Waals surface area contributed by atoms with Gasteiger partial charge < -0.3 is 15.5 Å². The normalized spacial score (nSPS) is 23.4. The smallest absolute Gasteiger partial charge is 0.220 e. The zero-order valence-corrected chi connectivity index (χ0v) is 17.9. The highest BCUT2D eigenvalue weighted by atomic mass is 16.3. The molecule has 28 heavy (non-hydrogen) atoms. The molecule has 1 amide bonds. The molecule has 1 aliphatic rings. The molecule has 4 atom stereocenters. The molecule has 1 fully saturated rings. The van der Waals surface area contributed by atoms with Crippen LogP contribution >= 0.6 is 0 Å². The van der Waals surface area contributed by atoms with E-state index in [-0.39, 0.29) is 36.6 Å². The molecule has 0 aliphatic heterocycles. The van der Waals surface area contributed by atoms with Crippen molar-refractivity contribution in [2.24, 2.45) is 17.8 Å². The van der Waals surface area contributed by atoms with Crippen LogP contribution in [0.15, 0.2) is 12.2 Å². The molecule has 1 aliphatic carbocycles. The summed E-state index contributed by atoms with van der Waals surface area (Å²) in [5.74, 6) is 0.588. The van der Waals surface area contributed by atoms with Gasteiger partial charge in [-0.1, -0.05) is 64.5 Å². The summed E-state index contributed by atoms with van der Waals surface area (Å²) in [7, 11) is 0. The SMILES string of the molecule is CCCCC[C@H](C)/C=C/[C@H]1[C@H](O)CC(=O)[C@@H]1CCCCCCC(=O)NCCO. The van der Waals surface area contributed by atoms with E-state index >= 15 is 0 Å². The number of nitrogens with one attached hydrogen (secondary N) is 1. The number of hydrogen-bond donors (Lipinski definition) is 3. The van der Waals surface area contributed by atoms with E-state index in [9.17, 15) is 14.7 Å². The maximum atomic E-state index is 12.3. The maximum absolute atomic E-state index is 12.3. The fourth-order valence-electron chi connectivity index (χ4n) is 4.01. The number of ketones is 1. The standard InChI is InChI=1S/C23H41NO4/c1-3-4-7-10-18(2)13-14-20-19(21(26)17-22(20)27)11-8-5-6-9-12-23(28)24-15-16-25/h13-14,18-20,22,25,27H,3-12,15-17H2,1-2H3,(H,24,28)/b14-13+/t18-,19+,20+,22+/m0/s1. The van der Waals surface area contributed by atoms with Crippen LogP contribution < -0.4 is 5.32 Å². The van der Waals surface area contributed by atoms with Crippen LogP contribution in [0.4, 0.5) is 0 Å². The van der Waals surface area contributed by atoms with Gasteiger partial charge in [-0.15, -0.1) is 0 Å². The van der Waals surface area contributed by atoms with Crippen LogP contribution in [0.1, 0.15) is 84.5 Å². The quantitative estimate of drug-likeness (QED) is 0.291. The lowest BCUT2D eigenvalue weighted by atomic mass is 9.87. The minimum atomic E-state index is -0.535. The molecule has 0 unspecified atom stereocenters. The van der Waals surface area contributed by atoms with Gasteiger partial charge in [-0.25, -0.2) is 0 Å². The van der Waals surface area contributed by atoms with Crippen LogP contribution in [0.5, 0.6) is 0 Å². The summed E-state index contributed by atoms with van der Waals surface area (Å²) in [5, 5.41) is 21.6. The molecule has 0 radical (unpaired) electrons. The number of allylic oxidation sites excluding steroid dienone is 1. The number of amides is 1. The average molecular weight is 396 g/mol. The number of aliphatic hydroxyl groups excluding tert-OH is 2. The molecule has 0 bridgehead atoms. The summed E-state index contributed by atoms with van der Waals surface area (Å²) < 4.78 is 0. The minimum absolute atomic E-state index is 0.0126. The van der Waals surface area contributed by atoms with Crippen LogP contribution in [-0.4, -0.2) is 41.2 Å². The van der Waals surface area contributed by atoms with Crippen molar-refractivity contribution in [2.45, 2.75) is 90.6 Å². The average Bonchev–Trinajstić information content (AvgIpc) is 2.94. The fourth-order valence-corrected chi connectivity index (χ4v) is 4.01. The first-order chi connectivity index (χ1) is 13.5. The van der Waals surface area contributed by atoms with E-state index in [1.54, 1.807) is 0 Å². The van der Waals surface area contributed by atoms with E-state index in [0.29, 0.717) is 18.9 Å². The second kappa shape index (κ2) is 14.7. The van der Waals surface area contributed by atoms with Gasteiger partial charge in [-0.05, 0) is 25.2 Å². The van der Waals surface area contributed by atoms with Crippen molar-refractivity contribution in [2.75, 3.05) is 13.2 Å². The van der Waals surface area contributed by atoms with Gasteiger partial charge in [0.2, 0.25) is 5.91 Å². The van der Waals surface area contributed by atoms with E-state index in [4.69, 9.17) is 5.11 Å². The van der Waals surface area contributed by atoms with Crippen molar-refractivity contribution < 1.29 is 19.8 Å². The summed E-state index contributed by atoms with van der Waals surface area (Å²) >= 11 is 0. The van der Waals surface area contributed by atoms with Crippen molar-refractivity contribution >= 4 is 11.7 Å². The molecule has 0 saturated heterocycles. The third-order valence-corrected chi connectivity index (χ3v) is 5.76. The largest absolute Gasteiger partial charge is 0.395 e. The third-order valence-electron chi connectivity index (χ3n) is 5.76. The fraction of sp³-hybridized carbons (Fsp3) is 0.826. The highest BCUT2D eigenvalue weighted by Crippen LogP contribution is 2.34. The summed E-state index contributed by atoms with van der Waals surface area (Å²) in [5.41, 5.74) is 0.